The van der Waals surface area contributed by atoms with E-state index in [1.807, 2.05) is 24.3 Å². The molecular weight excluding hydrogens is 392 g/mol. The van der Waals surface area contributed by atoms with E-state index in [0.29, 0.717) is 22.2 Å². The van der Waals surface area contributed by atoms with Crippen LogP contribution in [0.2, 0.25) is 0 Å². The minimum Gasteiger partial charge on any atom is -0.480 e. The van der Waals surface area contributed by atoms with Gasteiger partial charge in [0.25, 0.3) is 5.91 Å². The number of nitrogens with one attached hydrogen (secondary N) is 1. The van der Waals surface area contributed by atoms with Crippen LogP contribution in [-0.2, 0) is 16.0 Å². The van der Waals surface area contributed by atoms with Crippen LogP contribution in [0.25, 0.3) is 10.2 Å². The Bertz CT molecular complexity index is 1100. The van der Waals surface area contributed by atoms with E-state index in [-0.39, 0.29) is 12.3 Å². The first-order valence-electron chi connectivity index (χ1n) is 8.93. The number of carboxylic acid groups (broad SMARTS) is 1. The van der Waals surface area contributed by atoms with Crippen LogP contribution in [0.15, 0.2) is 46.9 Å². The van der Waals surface area contributed by atoms with E-state index < -0.39 is 17.9 Å². The summed E-state index contributed by atoms with van der Waals surface area (Å²) in [6, 6.07) is 6.59. The third-order valence-corrected chi connectivity index (χ3v) is 5.64. The SMILES string of the molecule is CC(=N[C@H](Cc1cnc[nH]1)C(=O)O)[C@@H]1C(=O)N(c2nc3ccccc3s2)N=C1C. The van der Waals surface area contributed by atoms with Crippen LogP contribution in [0, 0.1) is 5.92 Å². The summed E-state index contributed by atoms with van der Waals surface area (Å²) in [6.07, 6.45) is 3.20. The number of hydrogen-bond acceptors (Lipinski definition) is 7. The van der Waals surface area contributed by atoms with Crippen LogP contribution >= 0.6 is 11.3 Å². The van der Waals surface area contributed by atoms with E-state index in [4.69, 9.17) is 0 Å². The first kappa shape index (κ1) is 18.9. The predicted molar refractivity (Wildman–Crippen MR) is 111 cm³/mol. The van der Waals surface area contributed by atoms with Gasteiger partial charge >= 0.3 is 5.97 Å². The number of anilines is 1. The number of carboxylic acids is 1. The number of aliphatic carboxylic acids is 1. The van der Waals surface area contributed by atoms with Crippen molar-refractivity contribution < 1.29 is 14.7 Å². The number of fused-ring (bicyclic) bond motifs is 1. The molecular formula is C19H18N6O3S. The number of carbonyl (C=O) groups is 2. The van der Waals surface area contributed by atoms with Crippen molar-refractivity contribution in [3.05, 3.63) is 42.5 Å². The monoisotopic (exact) mass is 410 g/mol. The molecule has 4 rings (SSSR count). The molecule has 0 bridgehead atoms. The van der Waals surface area contributed by atoms with Gasteiger partial charge in [0.15, 0.2) is 6.04 Å². The molecule has 1 aliphatic heterocycles. The summed E-state index contributed by atoms with van der Waals surface area (Å²) in [5.74, 6) is -2.05. The smallest absolute Gasteiger partial charge is 0.328 e. The van der Waals surface area contributed by atoms with Crippen LogP contribution in [0.5, 0.6) is 0 Å². The quantitative estimate of drug-likeness (QED) is 0.604. The molecule has 0 unspecified atom stereocenters. The van der Waals surface area contributed by atoms with Crippen LogP contribution in [-0.4, -0.2) is 49.4 Å². The minimum atomic E-state index is -1.07. The molecule has 1 aromatic carbocycles. The summed E-state index contributed by atoms with van der Waals surface area (Å²) in [7, 11) is 0. The first-order chi connectivity index (χ1) is 13.9. The zero-order valence-electron chi connectivity index (χ0n) is 15.7. The summed E-state index contributed by atoms with van der Waals surface area (Å²) in [6.45, 7) is 3.39. The average molecular weight is 410 g/mol. The average Bonchev–Trinajstić information content (AvgIpc) is 3.39. The Balaban J connectivity index is 1.59. The molecule has 0 saturated carbocycles. The Kier molecular flexibility index (Phi) is 4.93. The van der Waals surface area contributed by atoms with Gasteiger partial charge in [-0.2, -0.15) is 10.1 Å². The van der Waals surface area contributed by atoms with E-state index in [1.54, 1.807) is 20.0 Å². The number of imidazole rings is 1. The summed E-state index contributed by atoms with van der Waals surface area (Å²) in [5.41, 5.74) is 2.42. The number of thiazole rings is 1. The molecule has 10 heteroatoms. The number of nitrogens with zero attached hydrogens (tertiary/aromatic N) is 5. The third kappa shape index (κ3) is 3.66. The Morgan fingerprint density at radius 3 is 2.90 bits per heavy atom. The molecule has 2 atom stereocenters. The number of carbonyl (C=O) groups excluding carboxylic acids is 1. The Morgan fingerprint density at radius 2 is 2.21 bits per heavy atom. The number of rotatable bonds is 6. The highest BCUT2D eigenvalue weighted by Gasteiger charge is 2.38. The zero-order chi connectivity index (χ0) is 20.5. The molecule has 2 aromatic heterocycles. The molecule has 1 aliphatic rings. The van der Waals surface area contributed by atoms with Crippen LogP contribution in [0.4, 0.5) is 5.13 Å². The van der Waals surface area contributed by atoms with Crippen molar-refractivity contribution in [2.75, 3.05) is 5.01 Å². The molecule has 1 amide bonds. The van der Waals surface area contributed by atoms with E-state index in [0.717, 1.165) is 10.2 Å². The molecule has 3 heterocycles. The fourth-order valence-corrected chi connectivity index (χ4v) is 4.17. The molecule has 3 aromatic rings. The molecule has 0 spiro atoms. The number of aromatic nitrogens is 3. The van der Waals surface area contributed by atoms with Crippen molar-refractivity contribution >= 4 is 50.0 Å². The summed E-state index contributed by atoms with van der Waals surface area (Å²) in [4.78, 5) is 40.3. The fourth-order valence-electron chi connectivity index (χ4n) is 3.25. The van der Waals surface area contributed by atoms with Gasteiger partial charge in [-0.25, -0.2) is 14.8 Å². The van der Waals surface area contributed by atoms with E-state index in [1.165, 1.54) is 22.7 Å². The van der Waals surface area contributed by atoms with Gasteiger partial charge in [0.1, 0.15) is 5.92 Å². The number of benzene rings is 1. The van der Waals surface area contributed by atoms with E-state index >= 15 is 0 Å². The molecule has 0 fully saturated rings. The molecule has 29 heavy (non-hydrogen) atoms. The lowest BCUT2D eigenvalue weighted by molar-refractivity contribution is -0.138. The van der Waals surface area contributed by atoms with Gasteiger partial charge < -0.3 is 10.1 Å². The topological polar surface area (TPSA) is 124 Å². The second-order valence-corrected chi connectivity index (χ2v) is 7.70. The van der Waals surface area contributed by atoms with Crippen molar-refractivity contribution in [1.82, 2.24) is 15.0 Å². The van der Waals surface area contributed by atoms with Crippen molar-refractivity contribution in [1.29, 1.82) is 0 Å². The molecule has 148 valence electrons. The molecule has 0 aliphatic carbocycles. The largest absolute Gasteiger partial charge is 0.480 e. The van der Waals surface area contributed by atoms with Crippen LogP contribution < -0.4 is 5.01 Å². The van der Waals surface area contributed by atoms with E-state index in [9.17, 15) is 14.7 Å². The number of aromatic amines is 1. The summed E-state index contributed by atoms with van der Waals surface area (Å²) < 4.78 is 0.961. The van der Waals surface area contributed by atoms with Gasteiger partial charge in [-0.05, 0) is 26.0 Å². The second kappa shape index (κ2) is 7.55. The number of amides is 1. The molecule has 9 nitrogen and oxygen atoms in total. The van der Waals surface area contributed by atoms with Gasteiger partial charge in [0.2, 0.25) is 5.13 Å². The summed E-state index contributed by atoms with van der Waals surface area (Å²) >= 11 is 1.38. The highest BCUT2D eigenvalue weighted by atomic mass is 32.1. The maximum Gasteiger partial charge on any atom is 0.328 e. The van der Waals surface area contributed by atoms with Gasteiger partial charge in [-0.3, -0.25) is 9.79 Å². The fraction of sp³-hybridized carbons (Fsp3) is 0.263. The molecule has 2 N–H and O–H groups in total. The number of para-hydroxylation sites is 1. The lowest BCUT2D eigenvalue weighted by Crippen LogP contribution is -2.33. The van der Waals surface area contributed by atoms with Crippen molar-refractivity contribution in [2.24, 2.45) is 16.0 Å². The Labute approximate surface area is 169 Å². The zero-order valence-corrected chi connectivity index (χ0v) is 16.6. The number of aliphatic imine (C=N–C) groups is 1. The highest BCUT2D eigenvalue weighted by Crippen LogP contribution is 2.32. The highest BCUT2D eigenvalue weighted by molar-refractivity contribution is 7.22. The van der Waals surface area contributed by atoms with Crippen LogP contribution in [0.3, 0.4) is 0 Å². The molecule has 0 radical (unpaired) electrons. The Morgan fingerprint density at radius 1 is 1.41 bits per heavy atom. The maximum absolute atomic E-state index is 13.0. The number of hydrazone groups is 1. The molecule has 0 saturated heterocycles. The van der Waals surface area contributed by atoms with Crippen molar-refractivity contribution in [2.45, 2.75) is 26.3 Å². The third-order valence-electron chi connectivity index (χ3n) is 4.63. The Hall–Kier alpha value is -3.40. The summed E-state index contributed by atoms with van der Waals surface area (Å²) in [5, 5.41) is 15.7. The lowest BCUT2D eigenvalue weighted by Gasteiger charge is -2.14. The van der Waals surface area contributed by atoms with Gasteiger partial charge in [0, 0.05) is 24.0 Å². The van der Waals surface area contributed by atoms with Gasteiger partial charge in [0.05, 0.1) is 22.3 Å². The van der Waals surface area contributed by atoms with Crippen LogP contribution in [0.1, 0.15) is 19.5 Å². The number of hydrogen-bond donors (Lipinski definition) is 2. The van der Waals surface area contributed by atoms with Crippen molar-refractivity contribution in [3.8, 4) is 0 Å². The second-order valence-electron chi connectivity index (χ2n) is 6.69. The number of H-pyrrole nitrogens is 1. The normalized spacial score (nSPS) is 18.3. The van der Waals surface area contributed by atoms with E-state index in [2.05, 4.69) is 25.0 Å². The van der Waals surface area contributed by atoms with Gasteiger partial charge in [-0.1, -0.05) is 23.5 Å². The lowest BCUT2D eigenvalue weighted by atomic mass is 9.99. The predicted octanol–water partition coefficient (Wildman–Crippen LogP) is 2.51. The first-order valence-corrected chi connectivity index (χ1v) is 9.74. The minimum absolute atomic E-state index is 0.158. The van der Waals surface area contributed by atoms with Gasteiger partial charge in [-0.15, -0.1) is 0 Å². The van der Waals surface area contributed by atoms with Crippen molar-refractivity contribution in [3.63, 3.8) is 0 Å². The maximum atomic E-state index is 13.0. The standard InChI is InChI=1S/C19H18N6O3S/c1-10(22-14(18(27)28)7-12-8-20-9-21-12)16-11(2)24-25(17(16)26)19-23-13-5-3-4-6-15(13)29-19/h3-6,8-9,14,16H,7H2,1-2H3,(H,20,21)(H,27,28)/t14-,16+/m1/s1.